The van der Waals surface area contributed by atoms with E-state index in [-0.39, 0.29) is 36.8 Å². The zero-order valence-electron chi connectivity index (χ0n) is 14.5. The van der Waals surface area contributed by atoms with Gasteiger partial charge in [-0.15, -0.1) is 29.9 Å². The number of piperidine rings is 1. The molecule has 0 radical (unpaired) electrons. The molecule has 142 valence electrons. The summed E-state index contributed by atoms with van der Waals surface area (Å²) in [6.45, 7) is 2.84. The molecule has 0 spiro atoms. The normalized spacial score (nSPS) is 22.3. The molecule has 2 fully saturated rings. The molecule has 7 nitrogen and oxygen atoms in total. The molecule has 1 amide bonds. The highest BCUT2D eigenvalue weighted by Gasteiger charge is 2.40. The number of likely N-dealkylation sites (N-methyl/N-ethyl adjacent to an activating group) is 1. The number of carbonyl (C=O) groups excluding carboxylic acids is 1. The van der Waals surface area contributed by atoms with Crippen LogP contribution >= 0.6 is 24.8 Å². The van der Waals surface area contributed by atoms with E-state index >= 15 is 0 Å². The van der Waals surface area contributed by atoms with Crippen LogP contribution in [-0.4, -0.2) is 65.9 Å². The molecule has 1 atom stereocenters. The second-order valence-corrected chi connectivity index (χ2v) is 6.51. The Morgan fingerprint density at radius 2 is 2.12 bits per heavy atom. The Balaban J connectivity index is 0.00000156. The first kappa shape index (κ1) is 21.9. The predicted molar refractivity (Wildman–Crippen MR) is 102 cm³/mol. The van der Waals surface area contributed by atoms with Crippen LogP contribution in [0.2, 0.25) is 0 Å². The van der Waals surface area contributed by atoms with Gasteiger partial charge in [-0.1, -0.05) is 0 Å². The van der Waals surface area contributed by atoms with E-state index in [4.69, 9.17) is 10.5 Å². The van der Waals surface area contributed by atoms with E-state index in [2.05, 4.69) is 15.1 Å². The molecular formula is C16H27Cl2N5O2. The fourth-order valence-corrected chi connectivity index (χ4v) is 3.41. The summed E-state index contributed by atoms with van der Waals surface area (Å²) in [6, 6.07) is 4.00. The number of anilines is 1. The molecule has 1 unspecified atom stereocenters. The first-order valence-electron chi connectivity index (χ1n) is 8.27. The Hall–Kier alpha value is -1.15. The molecule has 0 aromatic carbocycles. The monoisotopic (exact) mass is 391 g/mol. The summed E-state index contributed by atoms with van der Waals surface area (Å²) in [4.78, 5) is 16.9. The van der Waals surface area contributed by atoms with Gasteiger partial charge in [0, 0.05) is 45.6 Å². The van der Waals surface area contributed by atoms with E-state index in [1.54, 1.807) is 6.20 Å². The Morgan fingerprint density at radius 1 is 1.40 bits per heavy atom. The first-order valence-corrected chi connectivity index (χ1v) is 8.27. The van der Waals surface area contributed by atoms with Crippen LogP contribution in [0.25, 0.3) is 0 Å². The van der Waals surface area contributed by atoms with E-state index in [0.717, 1.165) is 31.7 Å². The minimum absolute atomic E-state index is 0. The maximum Gasteiger partial charge on any atom is 0.242 e. The van der Waals surface area contributed by atoms with Crippen LogP contribution < -0.4 is 10.6 Å². The number of hydrogen-bond donors (Lipinski definition) is 1. The molecule has 1 aromatic heterocycles. The summed E-state index contributed by atoms with van der Waals surface area (Å²) < 4.78 is 5.34. The van der Waals surface area contributed by atoms with Crippen LogP contribution in [-0.2, 0) is 9.53 Å². The van der Waals surface area contributed by atoms with Crippen LogP contribution in [0.15, 0.2) is 18.3 Å². The Labute approximate surface area is 161 Å². The fraction of sp³-hybridized carbons (Fsp3) is 0.688. The Morgan fingerprint density at radius 3 is 2.76 bits per heavy atom. The minimum atomic E-state index is -0.776. The zero-order chi connectivity index (χ0) is 16.3. The maximum absolute atomic E-state index is 12.9. The van der Waals surface area contributed by atoms with Gasteiger partial charge in [0.05, 0.1) is 5.54 Å². The summed E-state index contributed by atoms with van der Waals surface area (Å²) in [5.74, 6) is 0.901. The smallest absolute Gasteiger partial charge is 0.242 e. The lowest BCUT2D eigenvalue weighted by Crippen LogP contribution is -2.61. The quantitative estimate of drug-likeness (QED) is 0.834. The van der Waals surface area contributed by atoms with Crippen molar-refractivity contribution in [2.24, 2.45) is 5.73 Å². The van der Waals surface area contributed by atoms with Crippen LogP contribution in [0.5, 0.6) is 0 Å². The van der Waals surface area contributed by atoms with Gasteiger partial charge >= 0.3 is 0 Å². The number of rotatable bonds is 3. The summed E-state index contributed by atoms with van der Waals surface area (Å²) in [5.41, 5.74) is 5.57. The van der Waals surface area contributed by atoms with Crippen LogP contribution in [0.4, 0.5) is 5.82 Å². The molecule has 2 N–H and O–H groups in total. The van der Waals surface area contributed by atoms with Crippen molar-refractivity contribution >= 4 is 36.5 Å². The van der Waals surface area contributed by atoms with Crippen molar-refractivity contribution in [3.8, 4) is 0 Å². The summed E-state index contributed by atoms with van der Waals surface area (Å²) in [5, 5.41) is 8.12. The van der Waals surface area contributed by atoms with Crippen molar-refractivity contribution in [1.29, 1.82) is 0 Å². The van der Waals surface area contributed by atoms with Gasteiger partial charge in [-0.3, -0.25) is 4.79 Å². The van der Waals surface area contributed by atoms with Crippen LogP contribution in [0, 0.1) is 0 Å². The number of aromatic nitrogens is 2. The van der Waals surface area contributed by atoms with Gasteiger partial charge in [-0.25, -0.2) is 0 Å². The lowest BCUT2D eigenvalue weighted by Gasteiger charge is -2.42. The lowest BCUT2D eigenvalue weighted by atomic mass is 9.89. The van der Waals surface area contributed by atoms with Gasteiger partial charge in [0.15, 0.2) is 5.82 Å². The molecule has 0 bridgehead atoms. The molecule has 25 heavy (non-hydrogen) atoms. The average molecular weight is 392 g/mol. The van der Waals surface area contributed by atoms with Crippen molar-refractivity contribution in [3.05, 3.63) is 18.3 Å². The number of carbonyl (C=O) groups is 1. The summed E-state index contributed by atoms with van der Waals surface area (Å²) in [6.07, 6.45) is 4.88. The first-order chi connectivity index (χ1) is 11.1. The van der Waals surface area contributed by atoms with E-state index in [1.165, 1.54) is 0 Å². The van der Waals surface area contributed by atoms with Crippen molar-refractivity contribution in [2.45, 2.75) is 37.3 Å². The Kier molecular flexibility index (Phi) is 8.34. The van der Waals surface area contributed by atoms with Gasteiger partial charge in [-0.05, 0) is 37.8 Å². The number of hydrogen-bond acceptors (Lipinski definition) is 6. The van der Waals surface area contributed by atoms with Gasteiger partial charge in [0.2, 0.25) is 5.91 Å². The third-order valence-electron chi connectivity index (χ3n) is 4.96. The molecule has 0 saturated carbocycles. The number of halogens is 2. The third kappa shape index (κ3) is 4.94. The second kappa shape index (κ2) is 9.52. The van der Waals surface area contributed by atoms with Crippen molar-refractivity contribution in [3.63, 3.8) is 0 Å². The van der Waals surface area contributed by atoms with Gasteiger partial charge in [0.1, 0.15) is 0 Å². The molecule has 3 heterocycles. The standard InChI is InChI=1S/C16H25N5O2.2ClH/c1-20(15(22)16(17)6-10-23-11-7-16)13-4-3-9-21(12-13)14-5-2-8-18-19-14;;/h2,5,8,13H,3-4,6-7,9-12,17H2,1H3;2*1H. The largest absolute Gasteiger partial charge is 0.381 e. The van der Waals surface area contributed by atoms with E-state index < -0.39 is 5.54 Å². The molecule has 9 heteroatoms. The number of amides is 1. The van der Waals surface area contributed by atoms with Gasteiger partial charge in [0.25, 0.3) is 0 Å². The topological polar surface area (TPSA) is 84.6 Å². The third-order valence-corrected chi connectivity index (χ3v) is 4.96. The number of ether oxygens (including phenoxy) is 1. The predicted octanol–water partition coefficient (Wildman–Crippen LogP) is 1.26. The average Bonchev–Trinajstić information content (AvgIpc) is 2.62. The molecule has 1 aromatic rings. The summed E-state index contributed by atoms with van der Waals surface area (Å²) in [7, 11) is 1.87. The highest BCUT2D eigenvalue weighted by atomic mass is 35.5. The van der Waals surface area contributed by atoms with Crippen molar-refractivity contribution < 1.29 is 9.53 Å². The molecule has 3 rings (SSSR count). The highest BCUT2D eigenvalue weighted by molar-refractivity contribution is 5.86. The lowest BCUT2D eigenvalue weighted by molar-refractivity contribution is -0.141. The molecule has 2 saturated heterocycles. The minimum Gasteiger partial charge on any atom is -0.381 e. The van der Waals surface area contributed by atoms with E-state index in [9.17, 15) is 4.79 Å². The van der Waals surface area contributed by atoms with Crippen LogP contribution in [0.3, 0.4) is 0 Å². The summed E-state index contributed by atoms with van der Waals surface area (Å²) >= 11 is 0. The maximum atomic E-state index is 12.9. The second-order valence-electron chi connectivity index (χ2n) is 6.51. The zero-order valence-corrected chi connectivity index (χ0v) is 16.1. The van der Waals surface area contributed by atoms with E-state index in [1.807, 2.05) is 24.1 Å². The number of nitrogens with zero attached hydrogens (tertiary/aromatic N) is 4. The number of nitrogens with two attached hydrogens (primary N) is 1. The molecule has 0 aliphatic carbocycles. The molecule has 2 aliphatic rings. The molecule has 2 aliphatic heterocycles. The van der Waals surface area contributed by atoms with Crippen LogP contribution in [0.1, 0.15) is 25.7 Å². The van der Waals surface area contributed by atoms with E-state index in [0.29, 0.717) is 26.1 Å². The molecular weight excluding hydrogens is 365 g/mol. The van der Waals surface area contributed by atoms with Gasteiger partial charge < -0.3 is 20.3 Å². The highest BCUT2D eigenvalue weighted by Crippen LogP contribution is 2.24. The van der Waals surface area contributed by atoms with Crippen molar-refractivity contribution in [2.75, 3.05) is 38.3 Å². The SMILES string of the molecule is CN(C(=O)C1(N)CCOCC1)C1CCCN(c2cccnn2)C1.Cl.Cl. The fourth-order valence-electron chi connectivity index (χ4n) is 3.41. The van der Waals surface area contributed by atoms with Crippen molar-refractivity contribution in [1.82, 2.24) is 15.1 Å². The Bertz CT molecular complexity index is 543. The van der Waals surface area contributed by atoms with Gasteiger partial charge in [-0.2, -0.15) is 5.10 Å².